The minimum Gasteiger partial charge on any atom is -0.493 e. The first-order chi connectivity index (χ1) is 18.7. The molecule has 1 fully saturated rings. The summed E-state index contributed by atoms with van der Waals surface area (Å²) >= 11 is 0. The van der Waals surface area contributed by atoms with Gasteiger partial charge < -0.3 is 24.5 Å². The number of carbonyl (C=O) groups excluding carboxylic acids is 2. The standard InChI is InChI=1S/C30H48N4O5/c1-6-8-15-33(16-9-14-31(4)5)28(36)21-34-20-25(23-10-11-27-24(19-23)13-18-39-27)29(30(37)38)26(34)12-17-32(7-2)22(3)35/h10-11,19,25-26,29H,6-9,12-18,20-21H2,1-5H3,(H,37,38)/t25-,26+,29?/m1/s1. The van der Waals surface area contributed by atoms with Crippen molar-refractivity contribution in [2.45, 2.75) is 64.8 Å². The highest BCUT2D eigenvalue weighted by molar-refractivity contribution is 5.79. The smallest absolute Gasteiger partial charge is 0.308 e. The molecule has 1 aromatic rings. The van der Waals surface area contributed by atoms with E-state index in [4.69, 9.17) is 4.74 Å². The molecule has 3 rings (SSSR count). The molecule has 9 nitrogen and oxygen atoms in total. The maximum atomic E-state index is 13.6. The van der Waals surface area contributed by atoms with Crippen LogP contribution in [0.5, 0.6) is 5.75 Å². The van der Waals surface area contributed by atoms with Gasteiger partial charge in [-0.1, -0.05) is 25.5 Å². The van der Waals surface area contributed by atoms with Crippen LogP contribution in [0.3, 0.4) is 0 Å². The molecule has 39 heavy (non-hydrogen) atoms. The summed E-state index contributed by atoms with van der Waals surface area (Å²) in [7, 11) is 4.07. The van der Waals surface area contributed by atoms with E-state index in [1.807, 2.05) is 38.1 Å². The SMILES string of the molecule is CCCCN(CCCN(C)C)C(=O)CN1C[C@H](c2ccc3c(c2)CCO3)C(C(=O)O)[C@@H]1CCN(CC)C(C)=O. The number of amides is 2. The number of fused-ring (bicyclic) bond motifs is 1. The maximum Gasteiger partial charge on any atom is 0.308 e. The Morgan fingerprint density at radius 3 is 2.44 bits per heavy atom. The molecule has 1 aromatic carbocycles. The summed E-state index contributed by atoms with van der Waals surface area (Å²) in [4.78, 5) is 46.4. The Morgan fingerprint density at radius 1 is 1.05 bits per heavy atom. The predicted molar refractivity (Wildman–Crippen MR) is 152 cm³/mol. The number of rotatable bonds is 15. The van der Waals surface area contributed by atoms with E-state index >= 15 is 0 Å². The highest BCUT2D eigenvalue weighted by Crippen LogP contribution is 2.41. The normalized spacial score (nSPS) is 20.6. The van der Waals surface area contributed by atoms with Gasteiger partial charge in [0.05, 0.1) is 19.1 Å². The monoisotopic (exact) mass is 544 g/mol. The molecule has 0 bridgehead atoms. The molecular weight excluding hydrogens is 496 g/mol. The number of unbranched alkanes of at least 4 members (excludes halogenated alkanes) is 1. The van der Waals surface area contributed by atoms with Crippen LogP contribution in [-0.4, -0.2) is 115 Å². The van der Waals surface area contributed by atoms with Gasteiger partial charge >= 0.3 is 5.97 Å². The summed E-state index contributed by atoms with van der Waals surface area (Å²) < 4.78 is 5.67. The van der Waals surface area contributed by atoms with Crippen molar-refractivity contribution in [3.05, 3.63) is 29.3 Å². The maximum absolute atomic E-state index is 13.6. The van der Waals surface area contributed by atoms with Crippen LogP contribution in [0.2, 0.25) is 0 Å². The summed E-state index contributed by atoms with van der Waals surface area (Å²) in [6.07, 6.45) is 4.18. The van der Waals surface area contributed by atoms with Crippen molar-refractivity contribution in [3.63, 3.8) is 0 Å². The molecular formula is C30H48N4O5. The van der Waals surface area contributed by atoms with E-state index in [9.17, 15) is 19.5 Å². The van der Waals surface area contributed by atoms with E-state index < -0.39 is 11.9 Å². The molecule has 2 aliphatic rings. The lowest BCUT2D eigenvalue weighted by atomic mass is 9.83. The van der Waals surface area contributed by atoms with E-state index in [-0.39, 0.29) is 30.3 Å². The minimum absolute atomic E-state index is 0.0215. The van der Waals surface area contributed by atoms with Gasteiger partial charge in [-0.05, 0) is 64.0 Å². The van der Waals surface area contributed by atoms with E-state index in [1.165, 1.54) is 0 Å². The van der Waals surface area contributed by atoms with Crippen LogP contribution in [0.4, 0.5) is 0 Å². The number of carboxylic acids is 1. The number of hydrogen-bond acceptors (Lipinski definition) is 6. The van der Waals surface area contributed by atoms with E-state index in [0.29, 0.717) is 45.8 Å². The molecule has 0 radical (unpaired) electrons. The van der Waals surface area contributed by atoms with Gasteiger partial charge in [0.2, 0.25) is 11.8 Å². The summed E-state index contributed by atoms with van der Waals surface area (Å²) in [6, 6.07) is 5.68. The second-order valence-corrected chi connectivity index (χ2v) is 11.2. The quantitative estimate of drug-likeness (QED) is 0.363. The molecule has 0 aliphatic carbocycles. The average molecular weight is 545 g/mol. The Kier molecular flexibility index (Phi) is 11.6. The molecule has 0 saturated carbocycles. The summed E-state index contributed by atoms with van der Waals surface area (Å²) in [6.45, 7) is 10.3. The fraction of sp³-hybridized carbons (Fsp3) is 0.700. The van der Waals surface area contributed by atoms with Crippen LogP contribution in [0.1, 0.15) is 63.5 Å². The Morgan fingerprint density at radius 2 is 1.79 bits per heavy atom. The number of benzene rings is 1. The van der Waals surface area contributed by atoms with Crippen LogP contribution in [0.15, 0.2) is 18.2 Å². The minimum atomic E-state index is -0.851. The van der Waals surface area contributed by atoms with Crippen molar-refractivity contribution in [3.8, 4) is 5.75 Å². The molecule has 9 heteroatoms. The average Bonchev–Trinajstić information content (AvgIpc) is 3.50. The molecule has 1 N–H and O–H groups in total. The molecule has 1 saturated heterocycles. The third-order valence-electron chi connectivity index (χ3n) is 8.20. The van der Waals surface area contributed by atoms with Crippen molar-refractivity contribution in [1.82, 2.24) is 19.6 Å². The van der Waals surface area contributed by atoms with Crippen molar-refractivity contribution in [2.24, 2.45) is 5.92 Å². The number of hydrogen-bond donors (Lipinski definition) is 1. The first-order valence-electron chi connectivity index (χ1n) is 14.6. The van der Waals surface area contributed by atoms with Gasteiger partial charge in [0.1, 0.15) is 5.75 Å². The summed E-state index contributed by atoms with van der Waals surface area (Å²) in [5, 5.41) is 10.5. The van der Waals surface area contributed by atoms with Crippen molar-refractivity contribution in [2.75, 3.05) is 66.5 Å². The topological polar surface area (TPSA) is 93.6 Å². The van der Waals surface area contributed by atoms with Crippen LogP contribution >= 0.6 is 0 Å². The van der Waals surface area contributed by atoms with Crippen LogP contribution < -0.4 is 4.74 Å². The fourth-order valence-corrected chi connectivity index (χ4v) is 6.02. The number of carboxylic acid groups (broad SMARTS) is 1. The predicted octanol–water partition coefficient (Wildman–Crippen LogP) is 2.93. The van der Waals surface area contributed by atoms with Crippen LogP contribution in [-0.2, 0) is 20.8 Å². The van der Waals surface area contributed by atoms with Gasteiger partial charge in [0, 0.05) is 58.0 Å². The van der Waals surface area contributed by atoms with Gasteiger partial charge in [0.15, 0.2) is 0 Å². The van der Waals surface area contributed by atoms with Crippen molar-refractivity contribution in [1.29, 1.82) is 0 Å². The van der Waals surface area contributed by atoms with E-state index in [2.05, 4.69) is 22.8 Å². The van der Waals surface area contributed by atoms with Crippen LogP contribution in [0.25, 0.3) is 0 Å². The Hall–Kier alpha value is -2.65. The molecule has 218 valence electrons. The lowest BCUT2D eigenvalue weighted by Gasteiger charge is -2.31. The van der Waals surface area contributed by atoms with Crippen molar-refractivity contribution >= 4 is 17.8 Å². The van der Waals surface area contributed by atoms with Gasteiger partial charge in [-0.3, -0.25) is 19.3 Å². The molecule has 1 unspecified atom stereocenters. The molecule has 2 aliphatic heterocycles. The summed E-state index contributed by atoms with van der Waals surface area (Å²) in [5.41, 5.74) is 2.10. The first kappa shape index (κ1) is 30.9. The fourth-order valence-electron chi connectivity index (χ4n) is 6.02. The van der Waals surface area contributed by atoms with Gasteiger partial charge in [-0.2, -0.15) is 0 Å². The first-order valence-corrected chi connectivity index (χ1v) is 14.6. The Bertz CT molecular complexity index is 984. The second-order valence-electron chi connectivity index (χ2n) is 11.2. The molecule has 2 heterocycles. The number of likely N-dealkylation sites (tertiary alicyclic amines) is 1. The largest absolute Gasteiger partial charge is 0.493 e. The van der Waals surface area contributed by atoms with Gasteiger partial charge in [-0.15, -0.1) is 0 Å². The Labute approximate surface area is 234 Å². The molecule has 0 aromatic heterocycles. The van der Waals surface area contributed by atoms with Crippen molar-refractivity contribution < 1.29 is 24.2 Å². The third-order valence-corrected chi connectivity index (χ3v) is 8.20. The highest BCUT2D eigenvalue weighted by atomic mass is 16.5. The van der Waals surface area contributed by atoms with Crippen LogP contribution in [0, 0.1) is 5.92 Å². The number of carbonyl (C=O) groups is 3. The van der Waals surface area contributed by atoms with Gasteiger partial charge in [-0.25, -0.2) is 0 Å². The number of ether oxygens (including phenoxy) is 1. The molecule has 3 atom stereocenters. The zero-order valence-electron chi connectivity index (χ0n) is 24.5. The zero-order valence-corrected chi connectivity index (χ0v) is 24.5. The number of aliphatic carboxylic acids is 1. The van der Waals surface area contributed by atoms with E-state index in [0.717, 1.165) is 49.1 Å². The lowest BCUT2D eigenvalue weighted by molar-refractivity contribution is -0.144. The summed E-state index contributed by atoms with van der Waals surface area (Å²) in [5.74, 6) is -0.851. The zero-order chi connectivity index (χ0) is 28.5. The second kappa shape index (κ2) is 14.7. The van der Waals surface area contributed by atoms with E-state index in [1.54, 1.807) is 11.8 Å². The lowest BCUT2D eigenvalue weighted by Crippen LogP contribution is -2.46. The van der Waals surface area contributed by atoms with Gasteiger partial charge in [0.25, 0.3) is 0 Å². The highest BCUT2D eigenvalue weighted by Gasteiger charge is 2.47. The Balaban J connectivity index is 1.86. The molecule has 2 amide bonds. The third kappa shape index (κ3) is 8.18. The number of nitrogens with zero attached hydrogens (tertiary/aromatic N) is 4. The molecule has 0 spiro atoms.